The largest absolute Gasteiger partial charge is 0.497 e. The molecule has 0 radical (unpaired) electrons. The Labute approximate surface area is 148 Å². The molecule has 0 atom stereocenters. The number of piperidine rings is 1. The molecular weight excluding hydrogens is 326 g/mol. The number of benzene rings is 1. The number of carbonyl (C=O) groups excluding carboxylic acids is 1. The lowest BCUT2D eigenvalue weighted by Crippen LogP contribution is -2.49. The van der Waals surface area contributed by atoms with Crippen LogP contribution in [0.25, 0.3) is 0 Å². The molecule has 1 aliphatic heterocycles. The molecule has 132 valence electrons. The van der Waals surface area contributed by atoms with Gasteiger partial charge in [0.25, 0.3) is 5.91 Å². The normalized spacial score (nSPS) is 15.0. The van der Waals surface area contributed by atoms with Gasteiger partial charge in [-0.05, 0) is 43.3 Å². The van der Waals surface area contributed by atoms with E-state index in [0.29, 0.717) is 24.5 Å². The van der Waals surface area contributed by atoms with E-state index in [4.69, 9.17) is 21.7 Å². The quantitative estimate of drug-likeness (QED) is 0.597. The second-order valence-corrected chi connectivity index (χ2v) is 6.08. The van der Waals surface area contributed by atoms with Crippen molar-refractivity contribution in [1.82, 2.24) is 15.5 Å². The van der Waals surface area contributed by atoms with Crippen LogP contribution in [0.5, 0.6) is 5.75 Å². The lowest BCUT2D eigenvalue weighted by Gasteiger charge is -2.34. The molecule has 7 heteroatoms. The van der Waals surface area contributed by atoms with Crippen molar-refractivity contribution < 1.29 is 14.3 Å². The zero-order valence-electron chi connectivity index (χ0n) is 14.2. The zero-order chi connectivity index (χ0) is 17.4. The van der Waals surface area contributed by atoms with Crippen molar-refractivity contribution in [3.8, 4) is 5.75 Å². The fraction of sp³-hybridized carbons (Fsp3) is 0.529. The van der Waals surface area contributed by atoms with Gasteiger partial charge in [0.2, 0.25) is 0 Å². The van der Waals surface area contributed by atoms with Gasteiger partial charge in [-0.2, -0.15) is 0 Å². The van der Waals surface area contributed by atoms with Crippen LogP contribution in [-0.4, -0.2) is 62.4 Å². The van der Waals surface area contributed by atoms with E-state index in [1.54, 1.807) is 26.4 Å². The van der Waals surface area contributed by atoms with E-state index in [9.17, 15) is 4.79 Å². The van der Waals surface area contributed by atoms with Crippen molar-refractivity contribution in [2.45, 2.75) is 18.9 Å². The van der Waals surface area contributed by atoms with Crippen molar-refractivity contribution >= 4 is 23.2 Å². The Morgan fingerprint density at radius 1 is 1.33 bits per heavy atom. The van der Waals surface area contributed by atoms with Crippen molar-refractivity contribution in [1.29, 1.82) is 0 Å². The van der Waals surface area contributed by atoms with Crippen LogP contribution in [0.3, 0.4) is 0 Å². The third-order valence-corrected chi connectivity index (χ3v) is 4.43. The first-order chi connectivity index (χ1) is 11.6. The predicted molar refractivity (Wildman–Crippen MR) is 97.5 cm³/mol. The molecular formula is C17H25N3O3S. The van der Waals surface area contributed by atoms with Crippen LogP contribution in [0.4, 0.5) is 0 Å². The Morgan fingerprint density at radius 3 is 2.75 bits per heavy atom. The highest BCUT2D eigenvalue weighted by Crippen LogP contribution is 2.15. The third kappa shape index (κ3) is 5.35. The van der Waals surface area contributed by atoms with Gasteiger partial charge in [-0.3, -0.25) is 4.79 Å². The number of amides is 1. The maximum Gasteiger partial charge on any atom is 0.251 e. The lowest BCUT2D eigenvalue weighted by atomic mass is 10.0. The van der Waals surface area contributed by atoms with Gasteiger partial charge in [0, 0.05) is 38.3 Å². The van der Waals surface area contributed by atoms with Gasteiger partial charge in [-0.25, -0.2) is 0 Å². The molecule has 24 heavy (non-hydrogen) atoms. The van der Waals surface area contributed by atoms with E-state index in [2.05, 4.69) is 15.5 Å². The molecule has 1 aromatic rings. The highest BCUT2D eigenvalue weighted by molar-refractivity contribution is 7.80. The summed E-state index contributed by atoms with van der Waals surface area (Å²) in [6.07, 6.45) is 1.75. The number of thiocarbonyl (C=S) groups is 1. The Kier molecular flexibility index (Phi) is 7.27. The van der Waals surface area contributed by atoms with Crippen LogP contribution in [-0.2, 0) is 4.74 Å². The van der Waals surface area contributed by atoms with Crippen molar-refractivity contribution in [2.24, 2.45) is 0 Å². The summed E-state index contributed by atoms with van der Waals surface area (Å²) in [5.74, 6) is 0.623. The van der Waals surface area contributed by atoms with E-state index < -0.39 is 0 Å². The average Bonchev–Trinajstić information content (AvgIpc) is 2.62. The van der Waals surface area contributed by atoms with Crippen molar-refractivity contribution in [3.05, 3.63) is 29.8 Å². The first kappa shape index (κ1) is 18.5. The zero-order valence-corrected chi connectivity index (χ0v) is 15.0. The summed E-state index contributed by atoms with van der Waals surface area (Å²) < 4.78 is 10.2. The monoisotopic (exact) mass is 351 g/mol. The maximum absolute atomic E-state index is 12.3. The summed E-state index contributed by atoms with van der Waals surface area (Å²) in [4.78, 5) is 14.5. The van der Waals surface area contributed by atoms with Crippen LogP contribution in [0.2, 0.25) is 0 Å². The summed E-state index contributed by atoms with van der Waals surface area (Å²) in [5, 5.41) is 7.03. The number of likely N-dealkylation sites (tertiary alicyclic amines) is 1. The van der Waals surface area contributed by atoms with Gasteiger partial charge in [0.1, 0.15) is 5.75 Å². The highest BCUT2D eigenvalue weighted by Gasteiger charge is 2.22. The van der Waals surface area contributed by atoms with Gasteiger partial charge in [0.15, 0.2) is 5.11 Å². The minimum Gasteiger partial charge on any atom is -0.497 e. The molecule has 1 heterocycles. The fourth-order valence-corrected chi connectivity index (χ4v) is 2.92. The maximum atomic E-state index is 12.3. The summed E-state index contributed by atoms with van der Waals surface area (Å²) in [6, 6.07) is 7.36. The molecule has 2 rings (SSSR count). The molecule has 0 bridgehead atoms. The smallest absolute Gasteiger partial charge is 0.251 e. The van der Waals surface area contributed by atoms with Crippen molar-refractivity contribution in [3.63, 3.8) is 0 Å². The van der Waals surface area contributed by atoms with Crippen LogP contribution in [0.1, 0.15) is 23.2 Å². The van der Waals surface area contributed by atoms with Crippen LogP contribution >= 0.6 is 12.2 Å². The SMILES string of the molecule is COCCNC(=S)N1CCC(NC(=O)c2cccc(OC)c2)CC1. The Balaban J connectivity index is 1.78. The number of rotatable bonds is 6. The molecule has 1 fully saturated rings. The second-order valence-electron chi connectivity index (χ2n) is 5.69. The highest BCUT2D eigenvalue weighted by atomic mass is 32.1. The van der Waals surface area contributed by atoms with Crippen LogP contribution < -0.4 is 15.4 Å². The molecule has 0 unspecified atom stereocenters. The topological polar surface area (TPSA) is 62.8 Å². The molecule has 2 N–H and O–H groups in total. The lowest BCUT2D eigenvalue weighted by molar-refractivity contribution is 0.0922. The second kappa shape index (κ2) is 9.44. The Hall–Kier alpha value is -1.86. The van der Waals surface area contributed by atoms with Gasteiger partial charge in [-0.1, -0.05) is 6.07 Å². The average molecular weight is 351 g/mol. The first-order valence-electron chi connectivity index (χ1n) is 8.10. The van der Waals surface area contributed by atoms with Crippen LogP contribution in [0, 0.1) is 0 Å². The summed E-state index contributed by atoms with van der Waals surface area (Å²) in [7, 11) is 3.26. The molecule has 1 saturated heterocycles. The molecule has 1 aromatic carbocycles. The number of carbonyl (C=O) groups is 1. The minimum atomic E-state index is -0.0619. The molecule has 0 spiro atoms. The van der Waals surface area contributed by atoms with Crippen molar-refractivity contribution in [2.75, 3.05) is 40.5 Å². The van der Waals surface area contributed by atoms with E-state index in [0.717, 1.165) is 31.0 Å². The Morgan fingerprint density at radius 2 is 2.08 bits per heavy atom. The number of hydrogen-bond acceptors (Lipinski definition) is 4. The number of hydrogen-bond donors (Lipinski definition) is 2. The van der Waals surface area contributed by atoms with Gasteiger partial charge < -0.3 is 25.0 Å². The van der Waals surface area contributed by atoms with Gasteiger partial charge in [0.05, 0.1) is 13.7 Å². The third-order valence-electron chi connectivity index (χ3n) is 4.03. The summed E-state index contributed by atoms with van der Waals surface area (Å²) >= 11 is 5.38. The van der Waals surface area contributed by atoms with E-state index in [1.807, 2.05) is 12.1 Å². The molecule has 6 nitrogen and oxygen atoms in total. The van der Waals surface area contributed by atoms with E-state index >= 15 is 0 Å². The first-order valence-corrected chi connectivity index (χ1v) is 8.51. The molecule has 1 aliphatic rings. The number of ether oxygens (including phenoxy) is 2. The number of methoxy groups -OCH3 is 2. The van der Waals surface area contributed by atoms with E-state index in [1.165, 1.54) is 0 Å². The Bertz CT molecular complexity index is 560. The summed E-state index contributed by atoms with van der Waals surface area (Å²) in [5.41, 5.74) is 0.619. The molecule has 1 amide bonds. The standard InChI is InChI=1S/C17H25N3O3S/c1-22-11-8-18-17(24)20-9-6-14(7-10-20)19-16(21)13-4-3-5-15(12-13)23-2/h3-5,12,14H,6-11H2,1-2H3,(H,18,24)(H,19,21). The van der Waals surface area contributed by atoms with Gasteiger partial charge >= 0.3 is 0 Å². The fourth-order valence-electron chi connectivity index (χ4n) is 2.63. The van der Waals surface area contributed by atoms with Gasteiger partial charge in [-0.15, -0.1) is 0 Å². The summed E-state index contributed by atoms with van der Waals surface area (Å²) in [6.45, 7) is 3.01. The van der Waals surface area contributed by atoms with Crippen LogP contribution in [0.15, 0.2) is 24.3 Å². The minimum absolute atomic E-state index is 0.0619. The van der Waals surface area contributed by atoms with E-state index in [-0.39, 0.29) is 11.9 Å². The predicted octanol–water partition coefficient (Wildman–Crippen LogP) is 1.41. The molecule has 0 saturated carbocycles. The molecule has 0 aliphatic carbocycles. The number of nitrogens with zero attached hydrogens (tertiary/aromatic N) is 1. The molecule has 0 aromatic heterocycles. The number of nitrogens with one attached hydrogen (secondary N) is 2.